The highest BCUT2D eigenvalue weighted by molar-refractivity contribution is 7.89. The molecule has 1 fully saturated rings. The molecule has 0 heterocycles. The highest BCUT2D eigenvalue weighted by Gasteiger charge is 2.20. The van der Waals surface area contributed by atoms with Gasteiger partial charge in [0, 0.05) is 5.02 Å². The summed E-state index contributed by atoms with van der Waals surface area (Å²) >= 11 is 5.91. The predicted molar refractivity (Wildman–Crippen MR) is 69.9 cm³/mol. The van der Waals surface area contributed by atoms with Gasteiger partial charge in [-0.15, -0.1) is 0 Å². The molecule has 6 heteroatoms. The summed E-state index contributed by atoms with van der Waals surface area (Å²) in [5.74, 6) is 0. The van der Waals surface area contributed by atoms with Gasteiger partial charge in [0.2, 0.25) is 0 Å². The third kappa shape index (κ3) is 3.23. The molecule has 1 N–H and O–H groups in total. The maximum Gasteiger partial charge on any atom is 0.262 e. The number of halogens is 1. The molecule has 0 radical (unpaired) electrons. The van der Waals surface area contributed by atoms with Crippen LogP contribution in [0.4, 0.5) is 0 Å². The number of rotatable bonds is 4. The van der Waals surface area contributed by atoms with Gasteiger partial charge in [0.05, 0.1) is 11.0 Å². The molecule has 100 valence electrons. The Kier molecular flexibility index (Phi) is 4.27. The first-order chi connectivity index (χ1) is 8.49. The second-order valence-corrected chi connectivity index (χ2v) is 6.57. The first-order valence-corrected chi connectivity index (χ1v) is 7.79. The van der Waals surface area contributed by atoms with Crippen molar-refractivity contribution < 1.29 is 13.3 Å². The van der Waals surface area contributed by atoms with Gasteiger partial charge in [-0.05, 0) is 37.5 Å². The number of nitrogens with one attached hydrogen (secondary N) is 1. The Labute approximate surface area is 112 Å². The molecule has 0 unspecified atom stereocenters. The molecular formula is C12H16ClNO3S. The normalized spacial score (nSPS) is 17.2. The summed E-state index contributed by atoms with van der Waals surface area (Å²) in [6.45, 7) is 1.82. The zero-order valence-corrected chi connectivity index (χ0v) is 11.7. The Balaban J connectivity index is 2.07. The lowest BCUT2D eigenvalue weighted by Crippen LogP contribution is -2.28. The molecule has 1 aromatic carbocycles. The SMILES string of the molecule is Cc1ccc(S(=O)(=O)NOC2CCCC2)cc1Cl. The van der Waals surface area contributed by atoms with Crippen LogP contribution in [0.5, 0.6) is 0 Å². The third-order valence-electron chi connectivity index (χ3n) is 3.08. The lowest BCUT2D eigenvalue weighted by atomic mass is 10.2. The van der Waals surface area contributed by atoms with Gasteiger partial charge in [-0.3, -0.25) is 4.84 Å². The number of aryl methyl sites for hydroxylation is 1. The minimum absolute atomic E-state index is 0.0132. The van der Waals surface area contributed by atoms with Crippen LogP contribution in [0.1, 0.15) is 31.2 Å². The Morgan fingerprint density at radius 1 is 1.33 bits per heavy atom. The average Bonchev–Trinajstić information content (AvgIpc) is 2.83. The van der Waals surface area contributed by atoms with Crippen molar-refractivity contribution in [3.63, 3.8) is 0 Å². The van der Waals surface area contributed by atoms with Crippen LogP contribution in [0.15, 0.2) is 23.1 Å². The highest BCUT2D eigenvalue weighted by Crippen LogP contribution is 2.22. The van der Waals surface area contributed by atoms with Gasteiger partial charge < -0.3 is 0 Å². The van der Waals surface area contributed by atoms with E-state index in [4.69, 9.17) is 16.4 Å². The van der Waals surface area contributed by atoms with E-state index in [1.807, 2.05) is 6.92 Å². The Morgan fingerprint density at radius 2 is 2.00 bits per heavy atom. The van der Waals surface area contributed by atoms with Crippen LogP contribution < -0.4 is 4.89 Å². The van der Waals surface area contributed by atoms with Crippen molar-refractivity contribution in [2.24, 2.45) is 0 Å². The standard InChI is InChI=1S/C12H16ClNO3S/c1-9-6-7-11(8-12(9)13)18(15,16)14-17-10-4-2-3-5-10/h6-8,10,14H,2-5H2,1H3. The fourth-order valence-electron chi connectivity index (χ4n) is 1.93. The minimum atomic E-state index is -3.64. The van der Waals surface area contributed by atoms with Crippen molar-refractivity contribution in [2.75, 3.05) is 0 Å². The predicted octanol–water partition coefficient (Wildman–Crippen LogP) is 2.80. The summed E-state index contributed by atoms with van der Waals surface area (Å²) in [5.41, 5.74) is 0.840. The van der Waals surface area contributed by atoms with E-state index in [9.17, 15) is 8.42 Å². The highest BCUT2D eigenvalue weighted by atomic mass is 35.5. The maximum absolute atomic E-state index is 12.0. The molecule has 0 aliphatic heterocycles. The van der Waals surface area contributed by atoms with Gasteiger partial charge in [0.25, 0.3) is 10.0 Å². The molecule has 1 aromatic rings. The van der Waals surface area contributed by atoms with Gasteiger partial charge >= 0.3 is 0 Å². The van der Waals surface area contributed by atoms with Crippen LogP contribution >= 0.6 is 11.6 Å². The topological polar surface area (TPSA) is 55.4 Å². The summed E-state index contributed by atoms with van der Waals surface area (Å²) in [6.07, 6.45) is 3.96. The average molecular weight is 290 g/mol. The maximum atomic E-state index is 12.0. The van der Waals surface area contributed by atoms with Crippen molar-refractivity contribution in [2.45, 2.75) is 43.6 Å². The summed E-state index contributed by atoms with van der Waals surface area (Å²) in [7, 11) is -3.64. The molecule has 18 heavy (non-hydrogen) atoms. The fraction of sp³-hybridized carbons (Fsp3) is 0.500. The molecule has 0 atom stereocenters. The van der Waals surface area contributed by atoms with E-state index < -0.39 is 10.0 Å². The summed E-state index contributed by atoms with van der Waals surface area (Å²) in [5, 5.41) is 0.429. The van der Waals surface area contributed by atoms with Gasteiger partial charge in [-0.1, -0.05) is 35.4 Å². The van der Waals surface area contributed by atoms with Crippen molar-refractivity contribution in [1.29, 1.82) is 0 Å². The van der Waals surface area contributed by atoms with Gasteiger partial charge in [-0.2, -0.15) is 0 Å². The Bertz CT molecular complexity index is 524. The van der Waals surface area contributed by atoms with E-state index in [2.05, 4.69) is 4.89 Å². The van der Waals surface area contributed by atoms with E-state index >= 15 is 0 Å². The molecule has 1 aliphatic carbocycles. The van der Waals surface area contributed by atoms with E-state index in [-0.39, 0.29) is 11.0 Å². The number of hydrogen-bond donors (Lipinski definition) is 1. The van der Waals surface area contributed by atoms with Gasteiger partial charge in [0.15, 0.2) is 0 Å². The molecule has 0 spiro atoms. The Morgan fingerprint density at radius 3 is 2.61 bits per heavy atom. The largest absolute Gasteiger partial charge is 0.284 e. The number of sulfonamides is 1. The molecule has 2 rings (SSSR count). The Hall–Kier alpha value is -0.620. The first kappa shape index (κ1) is 13.8. The zero-order valence-electron chi connectivity index (χ0n) is 10.1. The molecule has 0 bridgehead atoms. The lowest BCUT2D eigenvalue weighted by molar-refractivity contribution is 0.0223. The summed E-state index contributed by atoms with van der Waals surface area (Å²) in [6, 6.07) is 4.62. The van der Waals surface area contributed by atoms with Gasteiger partial charge in [0.1, 0.15) is 0 Å². The van der Waals surface area contributed by atoms with Crippen LogP contribution in [0.25, 0.3) is 0 Å². The van der Waals surface area contributed by atoms with Crippen molar-refractivity contribution >= 4 is 21.6 Å². The zero-order chi connectivity index (χ0) is 13.2. The summed E-state index contributed by atoms with van der Waals surface area (Å²) < 4.78 is 23.9. The quantitative estimate of drug-likeness (QED) is 0.867. The van der Waals surface area contributed by atoms with Crippen LogP contribution in [0, 0.1) is 6.92 Å². The molecule has 0 aromatic heterocycles. The minimum Gasteiger partial charge on any atom is -0.284 e. The molecule has 0 saturated heterocycles. The number of benzene rings is 1. The van der Waals surface area contributed by atoms with Crippen molar-refractivity contribution in [1.82, 2.24) is 4.89 Å². The van der Waals surface area contributed by atoms with Crippen LogP contribution in [-0.2, 0) is 14.9 Å². The number of hydrogen-bond acceptors (Lipinski definition) is 3. The third-order valence-corrected chi connectivity index (χ3v) is 4.68. The van der Waals surface area contributed by atoms with Crippen LogP contribution in [0.3, 0.4) is 0 Å². The first-order valence-electron chi connectivity index (χ1n) is 5.92. The molecule has 0 amide bonds. The van der Waals surface area contributed by atoms with Crippen molar-refractivity contribution in [3.8, 4) is 0 Å². The molecule has 1 saturated carbocycles. The molecule has 1 aliphatic rings. The van der Waals surface area contributed by atoms with Crippen molar-refractivity contribution in [3.05, 3.63) is 28.8 Å². The van der Waals surface area contributed by atoms with Crippen LogP contribution in [0.2, 0.25) is 5.02 Å². The van der Waals surface area contributed by atoms with E-state index in [1.165, 1.54) is 12.1 Å². The van der Waals surface area contributed by atoms with Gasteiger partial charge in [-0.25, -0.2) is 8.42 Å². The monoisotopic (exact) mass is 289 g/mol. The van der Waals surface area contributed by atoms with E-state index in [1.54, 1.807) is 6.07 Å². The van der Waals surface area contributed by atoms with E-state index in [0.29, 0.717) is 5.02 Å². The fourth-order valence-corrected chi connectivity index (χ4v) is 3.05. The molecular weight excluding hydrogens is 274 g/mol. The second kappa shape index (κ2) is 5.57. The lowest BCUT2D eigenvalue weighted by Gasteiger charge is -2.12. The smallest absolute Gasteiger partial charge is 0.262 e. The van der Waals surface area contributed by atoms with E-state index in [0.717, 1.165) is 31.2 Å². The molecule has 4 nitrogen and oxygen atoms in total. The van der Waals surface area contributed by atoms with Crippen LogP contribution in [-0.4, -0.2) is 14.5 Å². The summed E-state index contributed by atoms with van der Waals surface area (Å²) in [4.78, 5) is 7.51. The second-order valence-electron chi connectivity index (χ2n) is 4.52.